The maximum Gasteiger partial charge on any atom is 0.264 e. The van der Waals surface area contributed by atoms with E-state index in [1.165, 1.54) is 12.1 Å². The number of hydrogen-bond acceptors (Lipinski definition) is 4. The lowest BCUT2D eigenvalue weighted by molar-refractivity contribution is -0.124. The topological polar surface area (TPSA) is 84.5 Å². The monoisotopic (exact) mass is 334 g/mol. The molecular formula is C10H11BrN2O4S. The second kappa shape index (κ2) is 5.35. The Kier molecular flexibility index (Phi) is 4.00. The van der Waals surface area contributed by atoms with E-state index in [-0.39, 0.29) is 11.5 Å². The number of carbonyl (C=O) groups excluding carboxylic acids is 1. The summed E-state index contributed by atoms with van der Waals surface area (Å²) < 4.78 is 26.2. The molecule has 1 saturated heterocycles. The zero-order valence-corrected chi connectivity index (χ0v) is 11.6. The van der Waals surface area contributed by atoms with Crippen LogP contribution < -0.4 is 10.2 Å². The molecule has 8 heteroatoms. The minimum Gasteiger partial charge on any atom is -0.271 e. The molecule has 1 aromatic rings. The summed E-state index contributed by atoms with van der Waals surface area (Å²) in [6, 6.07) is 5.51. The summed E-state index contributed by atoms with van der Waals surface area (Å²) in [5, 5.41) is 0.652. The predicted octanol–water partition coefficient (Wildman–Crippen LogP) is 0.290. The average molecular weight is 335 g/mol. The smallest absolute Gasteiger partial charge is 0.264 e. The van der Waals surface area contributed by atoms with Crippen molar-refractivity contribution in [3.05, 3.63) is 29.8 Å². The minimum absolute atomic E-state index is 0.0163. The second-order valence-electron chi connectivity index (χ2n) is 3.73. The predicted molar refractivity (Wildman–Crippen MR) is 67.3 cm³/mol. The number of halogens is 1. The van der Waals surface area contributed by atoms with Gasteiger partial charge in [0.15, 0.2) is 0 Å². The van der Waals surface area contributed by atoms with E-state index in [1.807, 2.05) is 0 Å². The molecule has 1 aromatic carbocycles. The van der Waals surface area contributed by atoms with Gasteiger partial charge in [-0.2, -0.15) is 4.72 Å². The Morgan fingerprint density at radius 1 is 1.39 bits per heavy atom. The summed E-state index contributed by atoms with van der Waals surface area (Å²) in [5.74, 6) is -0.490. The van der Waals surface area contributed by atoms with Gasteiger partial charge in [0.05, 0.1) is 4.90 Å². The molecule has 0 unspecified atom stereocenters. The quantitative estimate of drug-likeness (QED) is 0.775. The number of hydroxylamine groups is 1. The van der Waals surface area contributed by atoms with Gasteiger partial charge >= 0.3 is 0 Å². The van der Waals surface area contributed by atoms with Crippen LogP contribution in [0.25, 0.3) is 0 Å². The van der Waals surface area contributed by atoms with Gasteiger partial charge in [0.1, 0.15) is 12.6 Å². The highest BCUT2D eigenvalue weighted by Crippen LogP contribution is 2.13. The van der Waals surface area contributed by atoms with E-state index >= 15 is 0 Å². The van der Waals surface area contributed by atoms with Crippen molar-refractivity contribution in [2.75, 3.05) is 6.61 Å². The SMILES string of the molecule is O=C1NOC[C@H]1NS(=O)(=O)c1ccc(CBr)cc1. The van der Waals surface area contributed by atoms with E-state index in [9.17, 15) is 13.2 Å². The lowest BCUT2D eigenvalue weighted by atomic mass is 10.2. The van der Waals surface area contributed by atoms with Crippen molar-refractivity contribution in [2.45, 2.75) is 16.3 Å². The van der Waals surface area contributed by atoms with Crippen LogP contribution in [0.5, 0.6) is 0 Å². The van der Waals surface area contributed by atoms with Gasteiger partial charge in [0, 0.05) is 5.33 Å². The Hall–Kier alpha value is -0.960. The van der Waals surface area contributed by atoms with Gasteiger partial charge in [-0.1, -0.05) is 28.1 Å². The molecule has 1 aliphatic heterocycles. The van der Waals surface area contributed by atoms with E-state index in [2.05, 4.69) is 31.0 Å². The first-order valence-corrected chi connectivity index (χ1v) is 7.72. The van der Waals surface area contributed by atoms with Gasteiger partial charge in [-0.3, -0.25) is 9.63 Å². The molecule has 98 valence electrons. The van der Waals surface area contributed by atoms with Crippen molar-refractivity contribution in [1.29, 1.82) is 0 Å². The molecule has 1 atom stereocenters. The van der Waals surface area contributed by atoms with Crippen LogP contribution in [0.1, 0.15) is 5.56 Å². The third-order valence-electron chi connectivity index (χ3n) is 2.42. The molecule has 0 aliphatic carbocycles. The molecule has 6 nitrogen and oxygen atoms in total. The van der Waals surface area contributed by atoms with Crippen LogP contribution in [-0.4, -0.2) is 27.0 Å². The summed E-state index contributed by atoms with van der Waals surface area (Å²) in [5.41, 5.74) is 3.06. The van der Waals surface area contributed by atoms with Crippen LogP contribution in [0, 0.1) is 0 Å². The lowest BCUT2D eigenvalue weighted by Gasteiger charge is -2.09. The molecule has 1 fully saturated rings. The molecule has 2 N–H and O–H groups in total. The van der Waals surface area contributed by atoms with Gasteiger partial charge in [-0.05, 0) is 17.7 Å². The number of sulfonamides is 1. The van der Waals surface area contributed by atoms with Crippen molar-refractivity contribution in [2.24, 2.45) is 0 Å². The molecule has 0 saturated carbocycles. The van der Waals surface area contributed by atoms with Crippen LogP contribution in [0.3, 0.4) is 0 Å². The van der Waals surface area contributed by atoms with Crippen LogP contribution in [0.2, 0.25) is 0 Å². The third-order valence-corrected chi connectivity index (χ3v) is 4.56. The molecule has 0 aromatic heterocycles. The first kappa shape index (κ1) is 13.5. The summed E-state index contributed by atoms with van der Waals surface area (Å²) in [6.45, 7) is -0.0163. The number of carbonyl (C=O) groups is 1. The van der Waals surface area contributed by atoms with Crippen LogP contribution >= 0.6 is 15.9 Å². The largest absolute Gasteiger partial charge is 0.271 e. The van der Waals surface area contributed by atoms with Crippen molar-refractivity contribution < 1.29 is 18.0 Å². The fourth-order valence-electron chi connectivity index (χ4n) is 1.44. The normalized spacial score (nSPS) is 19.8. The standard InChI is InChI=1S/C10H11BrN2O4S/c11-5-7-1-3-8(4-2-7)18(15,16)13-9-6-17-12-10(9)14/h1-4,9,13H,5-6H2,(H,12,14)/t9-/m1/s1. The Balaban J connectivity index is 2.16. The van der Waals surface area contributed by atoms with Gasteiger partial charge in [0.25, 0.3) is 5.91 Å². The highest BCUT2D eigenvalue weighted by atomic mass is 79.9. The highest BCUT2D eigenvalue weighted by molar-refractivity contribution is 9.08. The molecule has 0 bridgehead atoms. The molecule has 18 heavy (non-hydrogen) atoms. The first-order valence-electron chi connectivity index (χ1n) is 5.12. The maximum atomic E-state index is 12.0. The lowest BCUT2D eigenvalue weighted by Crippen LogP contribution is -2.41. The number of alkyl halides is 1. The van der Waals surface area contributed by atoms with E-state index in [4.69, 9.17) is 0 Å². The minimum atomic E-state index is -3.71. The molecule has 2 rings (SSSR count). The highest BCUT2D eigenvalue weighted by Gasteiger charge is 2.30. The summed E-state index contributed by atoms with van der Waals surface area (Å²) in [4.78, 5) is 16.0. The maximum absolute atomic E-state index is 12.0. The second-order valence-corrected chi connectivity index (χ2v) is 6.00. The number of hydrogen-bond donors (Lipinski definition) is 2. The van der Waals surface area contributed by atoms with Crippen molar-refractivity contribution in [1.82, 2.24) is 10.2 Å². The molecule has 1 heterocycles. The molecule has 1 amide bonds. The van der Waals surface area contributed by atoms with Gasteiger partial charge in [-0.15, -0.1) is 0 Å². The zero-order chi connectivity index (χ0) is 13.2. The van der Waals surface area contributed by atoms with Crippen LogP contribution in [-0.2, 0) is 25.0 Å². The van der Waals surface area contributed by atoms with E-state index in [0.717, 1.165) is 5.56 Å². The summed E-state index contributed by atoms with van der Waals surface area (Å²) >= 11 is 3.28. The number of rotatable bonds is 4. The zero-order valence-electron chi connectivity index (χ0n) is 9.22. The van der Waals surface area contributed by atoms with E-state index < -0.39 is 22.0 Å². The van der Waals surface area contributed by atoms with Crippen molar-refractivity contribution >= 4 is 31.9 Å². The van der Waals surface area contributed by atoms with Crippen molar-refractivity contribution in [3.8, 4) is 0 Å². The van der Waals surface area contributed by atoms with Gasteiger partial charge < -0.3 is 0 Å². The van der Waals surface area contributed by atoms with Gasteiger partial charge in [-0.25, -0.2) is 13.9 Å². The van der Waals surface area contributed by atoms with E-state index in [0.29, 0.717) is 5.33 Å². The van der Waals surface area contributed by atoms with Crippen molar-refractivity contribution in [3.63, 3.8) is 0 Å². The fourth-order valence-corrected chi connectivity index (χ4v) is 3.00. The Morgan fingerprint density at radius 3 is 2.56 bits per heavy atom. The molecule has 1 aliphatic rings. The Labute approximate surface area is 113 Å². The van der Waals surface area contributed by atoms with E-state index in [1.54, 1.807) is 12.1 Å². The first-order chi connectivity index (χ1) is 8.53. The Bertz CT molecular complexity index is 544. The summed E-state index contributed by atoms with van der Waals surface area (Å²) in [7, 11) is -3.71. The van der Waals surface area contributed by atoms with Gasteiger partial charge in [0.2, 0.25) is 10.0 Å². The Morgan fingerprint density at radius 2 is 2.06 bits per heavy atom. The summed E-state index contributed by atoms with van der Waals surface area (Å²) in [6.07, 6.45) is 0. The van der Waals surface area contributed by atoms with Crippen LogP contribution in [0.4, 0.5) is 0 Å². The number of benzene rings is 1. The number of nitrogens with one attached hydrogen (secondary N) is 2. The molecular weight excluding hydrogens is 324 g/mol. The van der Waals surface area contributed by atoms with Crippen LogP contribution in [0.15, 0.2) is 29.2 Å². The number of amides is 1. The molecule has 0 radical (unpaired) electrons. The molecule has 0 spiro atoms. The average Bonchev–Trinajstić information content (AvgIpc) is 2.74. The fraction of sp³-hybridized carbons (Fsp3) is 0.300. The third kappa shape index (κ3) is 2.89.